The van der Waals surface area contributed by atoms with Gasteiger partial charge in [-0.25, -0.2) is 17.7 Å². The number of carbonyl (C=O) groups is 2. The van der Waals surface area contributed by atoms with Crippen LogP contribution in [0.4, 0.5) is 10.1 Å². The van der Waals surface area contributed by atoms with Crippen molar-refractivity contribution >= 4 is 50.1 Å². The fourth-order valence-electron chi connectivity index (χ4n) is 3.68. The lowest BCUT2D eigenvalue weighted by atomic mass is 10.2. The minimum absolute atomic E-state index is 0.0168. The number of carbonyl (C=O) groups excluding carboxylic acids is 2. The molecule has 0 N–H and O–H groups in total. The molecule has 0 saturated carbocycles. The number of anilines is 1. The Kier molecular flexibility index (Phi) is 6.64. The van der Waals surface area contributed by atoms with Gasteiger partial charge in [-0.05, 0) is 83.6 Å². The number of imide groups is 1. The topological polar surface area (TPSA) is 74.8 Å². The molecule has 33 heavy (non-hydrogen) atoms. The van der Waals surface area contributed by atoms with Crippen molar-refractivity contribution in [3.63, 3.8) is 0 Å². The van der Waals surface area contributed by atoms with Crippen LogP contribution in [0.25, 0.3) is 0 Å². The molecule has 0 aromatic heterocycles. The van der Waals surface area contributed by atoms with Gasteiger partial charge < -0.3 is 0 Å². The van der Waals surface area contributed by atoms with Crippen LogP contribution in [-0.2, 0) is 26.2 Å². The molecule has 3 aromatic rings. The first-order chi connectivity index (χ1) is 15.7. The van der Waals surface area contributed by atoms with E-state index >= 15 is 0 Å². The van der Waals surface area contributed by atoms with E-state index in [4.69, 9.17) is 0 Å². The van der Waals surface area contributed by atoms with Crippen LogP contribution in [0.3, 0.4) is 0 Å². The van der Waals surface area contributed by atoms with Crippen LogP contribution < -0.4 is 4.90 Å². The number of nitrogens with zero attached hydrogens (tertiary/aromatic N) is 2. The highest BCUT2D eigenvalue weighted by atomic mass is 127. The van der Waals surface area contributed by atoms with E-state index in [1.165, 1.54) is 36.4 Å². The fraction of sp³-hybridized carbons (Fsp3) is 0.167. The molecule has 0 radical (unpaired) electrons. The Labute approximate surface area is 205 Å². The number of hydrogen-bond donors (Lipinski definition) is 0. The van der Waals surface area contributed by atoms with E-state index in [0.29, 0.717) is 11.3 Å². The fourth-order valence-corrected chi connectivity index (χ4v) is 5.61. The average Bonchev–Trinajstić information content (AvgIpc) is 3.07. The molecule has 6 nitrogen and oxygen atoms in total. The lowest BCUT2D eigenvalue weighted by Crippen LogP contribution is -2.45. The smallest absolute Gasteiger partial charge is 0.252 e. The number of sulfonamides is 1. The zero-order valence-corrected chi connectivity index (χ0v) is 20.6. The zero-order chi connectivity index (χ0) is 23.8. The molecule has 170 valence electrons. The normalized spacial score (nSPS) is 16.6. The third-order valence-electron chi connectivity index (χ3n) is 5.43. The van der Waals surface area contributed by atoms with Crippen molar-refractivity contribution in [2.24, 2.45) is 0 Å². The summed E-state index contributed by atoms with van der Waals surface area (Å²) in [5.41, 5.74) is 1.78. The Bertz CT molecular complexity index is 1290. The van der Waals surface area contributed by atoms with Crippen molar-refractivity contribution in [2.75, 3.05) is 4.90 Å². The van der Waals surface area contributed by atoms with Gasteiger partial charge in [0.1, 0.15) is 11.9 Å². The average molecular weight is 578 g/mol. The number of benzene rings is 3. The first-order valence-electron chi connectivity index (χ1n) is 10.1. The van der Waals surface area contributed by atoms with E-state index in [9.17, 15) is 22.4 Å². The summed E-state index contributed by atoms with van der Waals surface area (Å²) >= 11 is 2.12. The van der Waals surface area contributed by atoms with Crippen molar-refractivity contribution in [3.05, 3.63) is 93.3 Å². The molecule has 9 heteroatoms. The number of halogens is 2. The highest BCUT2D eigenvalue weighted by Crippen LogP contribution is 2.31. The lowest BCUT2D eigenvalue weighted by Gasteiger charge is -2.27. The maximum atomic E-state index is 13.6. The molecule has 3 aromatic carbocycles. The zero-order valence-electron chi connectivity index (χ0n) is 17.6. The van der Waals surface area contributed by atoms with E-state index in [1.807, 2.05) is 6.92 Å². The van der Waals surface area contributed by atoms with Gasteiger partial charge in [0, 0.05) is 10.1 Å². The van der Waals surface area contributed by atoms with Gasteiger partial charge in [0.2, 0.25) is 15.9 Å². The van der Waals surface area contributed by atoms with Gasteiger partial charge in [-0.1, -0.05) is 29.8 Å². The standard InChI is InChI=1S/C24H20FIN2O4S/c1-16-2-12-21(13-3-16)33(31,32)27(15-17-4-6-18(25)7-5-17)22-14-23(29)28(24(22)30)20-10-8-19(26)9-11-20/h2-13,22H,14-15H2,1H3. The predicted molar refractivity (Wildman–Crippen MR) is 130 cm³/mol. The molecule has 1 unspecified atom stereocenters. The monoisotopic (exact) mass is 578 g/mol. The van der Waals surface area contributed by atoms with E-state index in [1.54, 1.807) is 36.4 Å². The molecule has 0 aliphatic carbocycles. The van der Waals surface area contributed by atoms with E-state index in [-0.39, 0.29) is 17.9 Å². The van der Waals surface area contributed by atoms with E-state index in [2.05, 4.69) is 22.6 Å². The summed E-state index contributed by atoms with van der Waals surface area (Å²) in [4.78, 5) is 27.2. The molecule has 1 aliphatic rings. The van der Waals surface area contributed by atoms with Crippen LogP contribution in [0.5, 0.6) is 0 Å². The molecule has 0 spiro atoms. The van der Waals surface area contributed by atoms with E-state index in [0.717, 1.165) is 18.3 Å². The number of rotatable bonds is 6. The van der Waals surface area contributed by atoms with Crippen LogP contribution in [0.15, 0.2) is 77.7 Å². The summed E-state index contributed by atoms with van der Waals surface area (Å²) in [5.74, 6) is -1.54. The highest BCUT2D eigenvalue weighted by molar-refractivity contribution is 14.1. The first kappa shape index (κ1) is 23.5. The molecule has 1 saturated heterocycles. The molecule has 1 atom stereocenters. The van der Waals surface area contributed by atoms with E-state index < -0.39 is 33.7 Å². The van der Waals surface area contributed by atoms with Crippen molar-refractivity contribution in [3.8, 4) is 0 Å². The SMILES string of the molecule is Cc1ccc(S(=O)(=O)N(Cc2ccc(F)cc2)C2CC(=O)N(c3ccc(I)cc3)C2=O)cc1. The molecule has 4 rings (SSSR count). The summed E-state index contributed by atoms with van der Waals surface area (Å²) in [7, 11) is -4.14. The quantitative estimate of drug-likeness (QED) is 0.324. The van der Waals surface area contributed by atoms with Crippen molar-refractivity contribution in [2.45, 2.75) is 30.8 Å². The maximum absolute atomic E-state index is 13.6. The van der Waals surface area contributed by atoms with Gasteiger partial charge in [0.15, 0.2) is 0 Å². The van der Waals surface area contributed by atoms with Crippen LogP contribution in [0.1, 0.15) is 17.5 Å². The molecule has 2 amide bonds. The van der Waals surface area contributed by atoms with Gasteiger partial charge in [0.25, 0.3) is 5.91 Å². The van der Waals surface area contributed by atoms with Crippen LogP contribution >= 0.6 is 22.6 Å². The second kappa shape index (κ2) is 9.32. The van der Waals surface area contributed by atoms with Gasteiger partial charge >= 0.3 is 0 Å². The van der Waals surface area contributed by atoms with Gasteiger partial charge in [-0.15, -0.1) is 0 Å². The Morgan fingerprint density at radius 1 is 0.970 bits per heavy atom. The summed E-state index contributed by atoms with van der Waals surface area (Å²) in [6.07, 6.45) is -0.281. The molecular formula is C24H20FIN2O4S. The Hall–Kier alpha value is -2.63. The number of hydrogen-bond acceptors (Lipinski definition) is 4. The third kappa shape index (κ3) is 4.85. The van der Waals surface area contributed by atoms with Gasteiger partial charge in [-0.3, -0.25) is 9.59 Å². The first-order valence-corrected chi connectivity index (χ1v) is 12.6. The second-order valence-corrected chi connectivity index (χ2v) is 10.9. The minimum atomic E-state index is -4.14. The summed E-state index contributed by atoms with van der Waals surface area (Å²) in [6.45, 7) is 1.66. The highest BCUT2D eigenvalue weighted by Gasteiger charge is 2.47. The predicted octanol–water partition coefficient (Wildman–Crippen LogP) is 4.26. The van der Waals surface area contributed by atoms with Crippen molar-refractivity contribution < 1.29 is 22.4 Å². The molecule has 1 heterocycles. The molecule has 1 aliphatic heterocycles. The van der Waals surface area contributed by atoms with Crippen molar-refractivity contribution in [1.82, 2.24) is 4.31 Å². The van der Waals surface area contributed by atoms with Crippen molar-refractivity contribution in [1.29, 1.82) is 0 Å². The van der Waals surface area contributed by atoms with Gasteiger partial charge in [0.05, 0.1) is 17.0 Å². The molecular weight excluding hydrogens is 558 g/mol. The Morgan fingerprint density at radius 2 is 1.58 bits per heavy atom. The summed E-state index contributed by atoms with van der Waals surface area (Å²) in [6, 6.07) is 17.3. The summed E-state index contributed by atoms with van der Waals surface area (Å²) in [5, 5.41) is 0. The largest absolute Gasteiger partial charge is 0.274 e. The summed E-state index contributed by atoms with van der Waals surface area (Å²) < 4.78 is 42.6. The Morgan fingerprint density at radius 3 is 2.18 bits per heavy atom. The van der Waals surface area contributed by atoms with Gasteiger partial charge in [-0.2, -0.15) is 4.31 Å². The minimum Gasteiger partial charge on any atom is -0.274 e. The maximum Gasteiger partial charge on any atom is 0.252 e. The van der Waals surface area contributed by atoms with Crippen LogP contribution in [0, 0.1) is 16.3 Å². The van der Waals surface area contributed by atoms with Crippen LogP contribution in [-0.4, -0.2) is 30.6 Å². The lowest BCUT2D eigenvalue weighted by molar-refractivity contribution is -0.122. The Balaban J connectivity index is 1.74. The number of aryl methyl sites for hydroxylation is 1. The van der Waals surface area contributed by atoms with Crippen LogP contribution in [0.2, 0.25) is 0 Å². The number of amides is 2. The molecule has 1 fully saturated rings. The third-order valence-corrected chi connectivity index (χ3v) is 8.02. The molecule has 0 bridgehead atoms. The second-order valence-electron chi connectivity index (χ2n) is 7.75.